The van der Waals surface area contributed by atoms with Gasteiger partial charge in [0.1, 0.15) is 12.4 Å². The first-order valence-electron chi connectivity index (χ1n) is 8.58. The smallest absolute Gasteiger partial charge is 0.456 e. The summed E-state index contributed by atoms with van der Waals surface area (Å²) < 4.78 is 20.8. The van der Waals surface area contributed by atoms with Crippen molar-refractivity contribution < 1.29 is 28.5 Å². The molecule has 0 fully saturated rings. The second kappa shape index (κ2) is 11.8. The maximum atomic E-state index is 5.94. The molecule has 0 radical (unpaired) electrons. The minimum atomic E-state index is -3.38. The Hall–Kier alpha value is -2.00. The van der Waals surface area contributed by atoms with Crippen LogP contribution < -0.4 is 10.5 Å². The zero-order valence-corrected chi connectivity index (χ0v) is 17.4. The lowest BCUT2D eigenvalue weighted by molar-refractivity contribution is -0.267. The topological polar surface area (TPSA) is 93.8 Å². The van der Waals surface area contributed by atoms with Gasteiger partial charge in [0.25, 0.3) is 0 Å². The van der Waals surface area contributed by atoms with Crippen LogP contribution in [0.2, 0.25) is 0 Å². The molecule has 152 valence electrons. The molecular weight excluding hydrogens is 403 g/mol. The molecule has 0 atom stereocenters. The van der Waals surface area contributed by atoms with Gasteiger partial charge in [-0.15, -0.1) is 9.35 Å². The number of ether oxygens (including phenoxy) is 1. The largest absolute Gasteiger partial charge is 0.489 e. The first-order chi connectivity index (χ1) is 13.6. The van der Waals surface area contributed by atoms with E-state index in [0.29, 0.717) is 17.9 Å². The van der Waals surface area contributed by atoms with E-state index < -0.39 is 6.72 Å². The van der Waals surface area contributed by atoms with Crippen LogP contribution in [0.4, 0.5) is 0 Å². The molecular formula is C18H23N2O6PS. The number of oxime groups is 1. The first kappa shape index (κ1) is 22.3. The van der Waals surface area contributed by atoms with Gasteiger partial charge in [0.05, 0.1) is 13.2 Å². The van der Waals surface area contributed by atoms with Crippen LogP contribution in [0.15, 0.2) is 59.8 Å². The highest BCUT2D eigenvalue weighted by Gasteiger charge is 2.26. The van der Waals surface area contributed by atoms with Gasteiger partial charge in [0.2, 0.25) is 0 Å². The number of nitrogens with zero attached hydrogens (tertiary/aromatic N) is 1. The number of amidine groups is 1. The van der Waals surface area contributed by atoms with Crippen molar-refractivity contribution in [2.75, 3.05) is 13.2 Å². The van der Waals surface area contributed by atoms with Crippen molar-refractivity contribution in [3.63, 3.8) is 0 Å². The van der Waals surface area contributed by atoms with E-state index >= 15 is 0 Å². The number of hydrogen-bond donors (Lipinski definition) is 1. The molecule has 0 spiro atoms. The van der Waals surface area contributed by atoms with Gasteiger partial charge < -0.3 is 15.1 Å². The lowest BCUT2D eigenvalue weighted by atomic mass is 10.2. The van der Waals surface area contributed by atoms with Crippen LogP contribution in [0.3, 0.4) is 0 Å². The van der Waals surface area contributed by atoms with E-state index in [9.17, 15) is 0 Å². The molecule has 0 saturated carbocycles. The highest BCUT2D eigenvalue weighted by Crippen LogP contribution is 2.50. The molecule has 0 heterocycles. The van der Waals surface area contributed by atoms with Crippen LogP contribution in [-0.2, 0) is 42.2 Å². The predicted molar refractivity (Wildman–Crippen MR) is 109 cm³/mol. The van der Waals surface area contributed by atoms with Gasteiger partial charge in [-0.2, -0.15) is 0 Å². The van der Waals surface area contributed by atoms with E-state index in [2.05, 4.69) is 5.16 Å². The molecule has 28 heavy (non-hydrogen) atoms. The summed E-state index contributed by atoms with van der Waals surface area (Å²) in [6.45, 7) is 1.03. The third-order valence-electron chi connectivity index (χ3n) is 3.16. The second-order valence-corrected chi connectivity index (χ2v) is 7.96. The summed E-state index contributed by atoms with van der Waals surface area (Å²) in [5, 5.41) is 3.78. The molecule has 0 amide bonds. The van der Waals surface area contributed by atoms with Crippen LogP contribution >= 0.6 is 6.72 Å². The molecule has 2 rings (SSSR count). The van der Waals surface area contributed by atoms with Gasteiger partial charge in [-0.3, -0.25) is 0 Å². The van der Waals surface area contributed by atoms with Gasteiger partial charge in [0, 0.05) is 17.4 Å². The number of rotatable bonds is 12. The highest BCUT2D eigenvalue weighted by molar-refractivity contribution is 8.07. The second-order valence-electron chi connectivity index (χ2n) is 5.27. The maximum Gasteiger partial charge on any atom is 0.456 e. The Labute approximate surface area is 169 Å². The van der Waals surface area contributed by atoms with Crippen LogP contribution in [0, 0.1) is 0 Å². The third kappa shape index (κ3) is 7.55. The Morgan fingerprint density at radius 1 is 0.964 bits per heavy atom. The van der Waals surface area contributed by atoms with Crippen molar-refractivity contribution in [3.05, 3.63) is 65.7 Å². The maximum absolute atomic E-state index is 5.94. The van der Waals surface area contributed by atoms with Gasteiger partial charge >= 0.3 is 6.72 Å². The van der Waals surface area contributed by atoms with Gasteiger partial charge in [-0.25, -0.2) is 9.78 Å². The Morgan fingerprint density at radius 2 is 1.57 bits per heavy atom. The molecule has 0 saturated heterocycles. The number of hydrogen-bond acceptors (Lipinski definition) is 8. The minimum Gasteiger partial charge on any atom is -0.489 e. The molecule has 0 aliphatic carbocycles. The van der Waals surface area contributed by atoms with Crippen molar-refractivity contribution in [3.8, 4) is 5.75 Å². The average molecular weight is 426 g/mol. The fourth-order valence-corrected chi connectivity index (χ4v) is 2.98. The van der Waals surface area contributed by atoms with Crippen molar-refractivity contribution in [2.45, 2.75) is 20.5 Å². The van der Waals surface area contributed by atoms with Crippen molar-refractivity contribution in [1.82, 2.24) is 0 Å². The molecule has 2 N–H and O–H groups in total. The molecule has 0 aromatic heterocycles. The van der Waals surface area contributed by atoms with E-state index in [1.807, 2.05) is 30.3 Å². The summed E-state index contributed by atoms with van der Waals surface area (Å²) in [4.78, 5) is 9.60. The molecule has 10 heteroatoms. The summed E-state index contributed by atoms with van der Waals surface area (Å²) in [6, 6.07) is 16.9. The highest BCUT2D eigenvalue weighted by atomic mass is 32.5. The van der Waals surface area contributed by atoms with Gasteiger partial charge in [-0.05, 0) is 43.7 Å². The molecule has 0 aliphatic rings. The molecule has 2 aromatic rings. The van der Waals surface area contributed by atoms with Crippen LogP contribution in [0.1, 0.15) is 25.0 Å². The Bertz CT molecular complexity index is 776. The standard InChI is InChI=1S/C18H23N2O6PS/c1-3-22-25-27(28,26-23-4-2)24-20-18(19)16-10-12-17(13-11-16)21-14-15-8-6-5-7-9-15/h5-13H,3-4,14H2,1-2H3,(H2,19,20). The third-order valence-corrected chi connectivity index (χ3v) is 4.58. The fourth-order valence-electron chi connectivity index (χ4n) is 1.88. The van der Waals surface area contributed by atoms with E-state index in [1.165, 1.54) is 0 Å². The SMILES string of the molecule is CCOOP(=S)(O/N=C(\N)c1ccc(OCc2ccccc2)cc1)OOCC. The van der Waals surface area contributed by atoms with Crippen molar-refractivity contribution in [2.24, 2.45) is 10.9 Å². The summed E-state index contributed by atoms with van der Waals surface area (Å²) in [7, 11) is 0. The monoisotopic (exact) mass is 426 g/mol. The van der Waals surface area contributed by atoms with Gasteiger partial charge in [0.15, 0.2) is 5.84 Å². The van der Waals surface area contributed by atoms with Crippen molar-refractivity contribution in [1.29, 1.82) is 0 Å². The summed E-state index contributed by atoms with van der Waals surface area (Å²) in [5.41, 5.74) is 7.63. The lowest BCUT2D eigenvalue weighted by Crippen LogP contribution is -2.14. The van der Waals surface area contributed by atoms with Gasteiger partial charge in [-0.1, -0.05) is 35.5 Å². The molecule has 2 aromatic carbocycles. The molecule has 0 bridgehead atoms. The van der Waals surface area contributed by atoms with E-state index in [1.54, 1.807) is 38.1 Å². The minimum absolute atomic E-state index is 0.0871. The molecule has 8 nitrogen and oxygen atoms in total. The Balaban J connectivity index is 1.96. The lowest BCUT2D eigenvalue weighted by Gasteiger charge is -2.15. The normalized spacial score (nSPS) is 12.0. The van der Waals surface area contributed by atoms with Crippen LogP contribution in [0.25, 0.3) is 0 Å². The quantitative estimate of drug-likeness (QED) is 0.179. The average Bonchev–Trinajstić information content (AvgIpc) is 2.74. The summed E-state index contributed by atoms with van der Waals surface area (Å²) in [5.74, 6) is 0.787. The first-order valence-corrected chi connectivity index (χ1v) is 11.1. The summed E-state index contributed by atoms with van der Waals surface area (Å²) in [6.07, 6.45) is 0. The van der Waals surface area contributed by atoms with E-state index in [4.69, 9.17) is 46.0 Å². The van der Waals surface area contributed by atoms with E-state index in [-0.39, 0.29) is 19.0 Å². The molecule has 0 unspecified atom stereocenters. The predicted octanol–water partition coefficient (Wildman–Crippen LogP) is 4.06. The van der Waals surface area contributed by atoms with E-state index in [0.717, 1.165) is 5.56 Å². The summed E-state index contributed by atoms with van der Waals surface area (Å²) >= 11 is 5.11. The van der Waals surface area contributed by atoms with Crippen LogP contribution in [0.5, 0.6) is 5.75 Å². The Morgan fingerprint density at radius 3 is 2.14 bits per heavy atom. The van der Waals surface area contributed by atoms with Crippen molar-refractivity contribution >= 4 is 24.4 Å². The van der Waals surface area contributed by atoms with Crippen LogP contribution in [-0.4, -0.2) is 19.0 Å². The molecule has 0 aliphatic heterocycles. The number of benzene rings is 2. The number of nitrogens with two attached hydrogens (primary N) is 1. The zero-order chi connectivity index (χ0) is 20.2. The fraction of sp³-hybridized carbons (Fsp3) is 0.278. The zero-order valence-electron chi connectivity index (χ0n) is 15.6. The Kier molecular flexibility index (Phi) is 9.36.